The van der Waals surface area contributed by atoms with Crippen LogP contribution in [0.1, 0.15) is 37.8 Å². The third kappa shape index (κ3) is 4.49. The van der Waals surface area contributed by atoms with Crippen LogP contribution in [0.3, 0.4) is 0 Å². The van der Waals surface area contributed by atoms with Gasteiger partial charge in [-0.3, -0.25) is 4.90 Å². The van der Waals surface area contributed by atoms with E-state index in [2.05, 4.69) is 42.7 Å². The summed E-state index contributed by atoms with van der Waals surface area (Å²) in [6.45, 7) is 7.82. The standard InChI is InChI=1S/C18H25NO2/c1-18(2)8-10-19(11-9-18)14-15-6-7-17(21-3)16(13-15)5-4-12-20/h6-7,13,20H,8-12,14H2,1-3H3. The molecule has 0 saturated carbocycles. The lowest BCUT2D eigenvalue weighted by Gasteiger charge is -2.37. The molecule has 0 atom stereocenters. The van der Waals surface area contributed by atoms with E-state index in [1.807, 2.05) is 6.07 Å². The average Bonchev–Trinajstić information content (AvgIpc) is 2.47. The summed E-state index contributed by atoms with van der Waals surface area (Å²) in [7, 11) is 1.64. The monoisotopic (exact) mass is 287 g/mol. The molecule has 3 heteroatoms. The fraction of sp³-hybridized carbons (Fsp3) is 0.556. The van der Waals surface area contributed by atoms with Crippen molar-refractivity contribution < 1.29 is 9.84 Å². The molecule has 0 radical (unpaired) electrons. The predicted octanol–water partition coefficient (Wildman–Crippen LogP) is 2.66. The van der Waals surface area contributed by atoms with Gasteiger partial charge in [0.05, 0.1) is 12.7 Å². The number of hydrogen-bond acceptors (Lipinski definition) is 3. The minimum atomic E-state index is -0.130. The molecule has 1 N–H and O–H groups in total. The summed E-state index contributed by atoms with van der Waals surface area (Å²) in [5.74, 6) is 6.42. The molecule has 0 spiro atoms. The molecule has 1 aliphatic heterocycles. The van der Waals surface area contributed by atoms with Gasteiger partial charge in [0, 0.05) is 6.54 Å². The van der Waals surface area contributed by atoms with E-state index in [0.717, 1.165) is 30.9 Å². The maximum Gasteiger partial charge on any atom is 0.134 e. The van der Waals surface area contributed by atoms with Gasteiger partial charge in [0.15, 0.2) is 0 Å². The third-order valence-corrected chi connectivity index (χ3v) is 4.18. The molecule has 21 heavy (non-hydrogen) atoms. The fourth-order valence-corrected chi connectivity index (χ4v) is 2.66. The number of hydrogen-bond donors (Lipinski definition) is 1. The topological polar surface area (TPSA) is 32.7 Å². The van der Waals surface area contributed by atoms with Crippen LogP contribution in [0.2, 0.25) is 0 Å². The summed E-state index contributed by atoms with van der Waals surface area (Å²) < 4.78 is 5.32. The lowest BCUT2D eigenvalue weighted by atomic mass is 9.82. The van der Waals surface area contributed by atoms with Crippen LogP contribution < -0.4 is 4.74 Å². The van der Waals surface area contributed by atoms with Crippen molar-refractivity contribution in [2.24, 2.45) is 5.41 Å². The van der Waals surface area contributed by atoms with E-state index in [4.69, 9.17) is 9.84 Å². The highest BCUT2D eigenvalue weighted by atomic mass is 16.5. The molecule has 0 amide bonds. The predicted molar refractivity (Wildman–Crippen MR) is 85.2 cm³/mol. The van der Waals surface area contributed by atoms with E-state index in [-0.39, 0.29) is 6.61 Å². The zero-order valence-corrected chi connectivity index (χ0v) is 13.3. The molecule has 0 aliphatic carbocycles. The number of rotatable bonds is 3. The van der Waals surface area contributed by atoms with E-state index in [1.54, 1.807) is 7.11 Å². The second kappa shape index (κ2) is 6.98. The molecule has 1 fully saturated rings. The van der Waals surface area contributed by atoms with Gasteiger partial charge in [-0.25, -0.2) is 0 Å². The van der Waals surface area contributed by atoms with Crippen molar-refractivity contribution in [3.63, 3.8) is 0 Å². The molecule has 2 rings (SSSR count). The zero-order chi connectivity index (χ0) is 15.3. The molecular weight excluding hydrogens is 262 g/mol. The summed E-state index contributed by atoms with van der Waals surface area (Å²) in [4.78, 5) is 2.50. The SMILES string of the molecule is COc1ccc(CN2CCC(C)(C)CC2)cc1C#CCO. The molecule has 1 saturated heterocycles. The van der Waals surface area contributed by atoms with Gasteiger partial charge in [-0.1, -0.05) is 31.8 Å². The third-order valence-electron chi connectivity index (χ3n) is 4.18. The molecule has 1 aromatic rings. The van der Waals surface area contributed by atoms with Crippen LogP contribution in [0.15, 0.2) is 18.2 Å². The number of ether oxygens (including phenoxy) is 1. The molecule has 1 aromatic carbocycles. The summed E-state index contributed by atoms with van der Waals surface area (Å²) in [6.07, 6.45) is 2.50. The second-order valence-corrected chi connectivity index (χ2v) is 6.43. The van der Waals surface area contributed by atoms with Crippen LogP contribution in [0.4, 0.5) is 0 Å². The van der Waals surface area contributed by atoms with Crippen molar-refractivity contribution >= 4 is 0 Å². The summed E-state index contributed by atoms with van der Waals surface area (Å²) >= 11 is 0. The van der Waals surface area contributed by atoms with Crippen molar-refractivity contribution in [2.45, 2.75) is 33.2 Å². The Morgan fingerprint density at radius 2 is 2.00 bits per heavy atom. The van der Waals surface area contributed by atoms with Crippen molar-refractivity contribution in [2.75, 3.05) is 26.8 Å². The number of aliphatic hydroxyl groups excluding tert-OH is 1. The first-order valence-electron chi connectivity index (χ1n) is 7.53. The summed E-state index contributed by atoms with van der Waals surface area (Å²) in [6, 6.07) is 6.13. The van der Waals surface area contributed by atoms with Crippen molar-refractivity contribution in [3.05, 3.63) is 29.3 Å². The van der Waals surface area contributed by atoms with E-state index in [0.29, 0.717) is 5.41 Å². The number of aliphatic hydroxyl groups is 1. The number of benzene rings is 1. The first-order chi connectivity index (χ1) is 10.0. The Bertz CT molecular complexity index is 530. The smallest absolute Gasteiger partial charge is 0.134 e. The van der Waals surface area contributed by atoms with Crippen LogP contribution in [0.5, 0.6) is 5.75 Å². The first-order valence-corrected chi connectivity index (χ1v) is 7.53. The van der Waals surface area contributed by atoms with Gasteiger partial charge < -0.3 is 9.84 Å². The molecule has 0 unspecified atom stereocenters. The highest BCUT2D eigenvalue weighted by molar-refractivity contribution is 5.48. The number of nitrogens with zero attached hydrogens (tertiary/aromatic N) is 1. The number of piperidine rings is 1. The normalized spacial score (nSPS) is 17.9. The van der Waals surface area contributed by atoms with Crippen LogP contribution >= 0.6 is 0 Å². The Labute approximate surface area is 127 Å². The molecule has 0 bridgehead atoms. The van der Waals surface area contributed by atoms with Gasteiger partial charge >= 0.3 is 0 Å². The molecule has 114 valence electrons. The minimum absolute atomic E-state index is 0.130. The maximum absolute atomic E-state index is 8.85. The average molecular weight is 287 g/mol. The first kappa shape index (κ1) is 15.9. The van der Waals surface area contributed by atoms with Crippen LogP contribution in [0, 0.1) is 17.3 Å². The quantitative estimate of drug-likeness (QED) is 0.868. The van der Waals surface area contributed by atoms with Crippen LogP contribution in [-0.4, -0.2) is 36.8 Å². The molecule has 3 nitrogen and oxygen atoms in total. The Hall–Kier alpha value is -1.50. The van der Waals surface area contributed by atoms with E-state index >= 15 is 0 Å². The van der Waals surface area contributed by atoms with Gasteiger partial charge in [-0.05, 0) is 49.0 Å². The molecule has 0 aromatic heterocycles. The zero-order valence-electron chi connectivity index (χ0n) is 13.3. The van der Waals surface area contributed by atoms with Crippen molar-refractivity contribution in [1.82, 2.24) is 4.90 Å². The maximum atomic E-state index is 8.85. The van der Waals surface area contributed by atoms with Gasteiger partial charge in [-0.2, -0.15) is 0 Å². The van der Waals surface area contributed by atoms with E-state index < -0.39 is 0 Å². The summed E-state index contributed by atoms with van der Waals surface area (Å²) in [5.41, 5.74) is 2.58. The van der Waals surface area contributed by atoms with Crippen molar-refractivity contribution in [3.8, 4) is 17.6 Å². The molecular formula is C18H25NO2. The Kier molecular flexibility index (Phi) is 5.27. The molecule has 1 aliphatic rings. The van der Waals surface area contributed by atoms with Crippen molar-refractivity contribution in [1.29, 1.82) is 0 Å². The van der Waals surface area contributed by atoms with Crippen LogP contribution in [0.25, 0.3) is 0 Å². The lowest BCUT2D eigenvalue weighted by molar-refractivity contribution is 0.127. The minimum Gasteiger partial charge on any atom is -0.495 e. The fourth-order valence-electron chi connectivity index (χ4n) is 2.66. The van der Waals surface area contributed by atoms with E-state index in [1.165, 1.54) is 18.4 Å². The lowest BCUT2D eigenvalue weighted by Crippen LogP contribution is -2.36. The highest BCUT2D eigenvalue weighted by Gasteiger charge is 2.25. The van der Waals surface area contributed by atoms with Gasteiger partial charge in [-0.15, -0.1) is 0 Å². The molecule has 1 heterocycles. The van der Waals surface area contributed by atoms with Crippen LogP contribution in [-0.2, 0) is 6.54 Å². The summed E-state index contributed by atoms with van der Waals surface area (Å²) in [5, 5.41) is 8.85. The van der Waals surface area contributed by atoms with Gasteiger partial charge in [0.1, 0.15) is 12.4 Å². The van der Waals surface area contributed by atoms with E-state index in [9.17, 15) is 0 Å². The Morgan fingerprint density at radius 1 is 1.29 bits per heavy atom. The second-order valence-electron chi connectivity index (χ2n) is 6.43. The number of likely N-dealkylation sites (tertiary alicyclic amines) is 1. The largest absolute Gasteiger partial charge is 0.495 e. The van der Waals surface area contributed by atoms with Gasteiger partial charge in [0.2, 0.25) is 0 Å². The number of methoxy groups -OCH3 is 1. The highest BCUT2D eigenvalue weighted by Crippen LogP contribution is 2.30. The Balaban J connectivity index is 2.07. The Morgan fingerprint density at radius 3 is 2.62 bits per heavy atom. The van der Waals surface area contributed by atoms with Gasteiger partial charge in [0.25, 0.3) is 0 Å².